The zero-order valence-corrected chi connectivity index (χ0v) is 10.5. The van der Waals surface area contributed by atoms with Gasteiger partial charge >= 0.3 is 0 Å². The van der Waals surface area contributed by atoms with E-state index in [1.165, 1.54) is 42.4 Å². The fourth-order valence-corrected chi connectivity index (χ4v) is 2.39. The molecule has 2 rings (SSSR count). The van der Waals surface area contributed by atoms with Crippen LogP contribution < -0.4 is 0 Å². The fourth-order valence-electron chi connectivity index (χ4n) is 2.39. The van der Waals surface area contributed by atoms with Crippen LogP contribution in [0, 0.1) is 6.92 Å². The summed E-state index contributed by atoms with van der Waals surface area (Å²) in [5.74, 6) is 0. The van der Waals surface area contributed by atoms with Crippen LogP contribution in [0.25, 0.3) is 0 Å². The molecule has 0 aliphatic heterocycles. The lowest BCUT2D eigenvalue weighted by atomic mass is 9.89. The van der Waals surface area contributed by atoms with Crippen molar-refractivity contribution in [2.24, 2.45) is 0 Å². The van der Waals surface area contributed by atoms with Crippen LogP contribution in [0.1, 0.15) is 42.9 Å². The van der Waals surface area contributed by atoms with Gasteiger partial charge in [-0.3, -0.25) is 0 Å². The Kier molecular flexibility index (Phi) is 4.00. The number of rotatable bonds is 4. The van der Waals surface area contributed by atoms with E-state index in [1.54, 1.807) is 0 Å². The molecule has 0 N–H and O–H groups in total. The zero-order valence-electron chi connectivity index (χ0n) is 10.5. The topological polar surface area (TPSA) is 9.23 Å². The third-order valence-electron chi connectivity index (χ3n) is 3.40. The maximum absolute atomic E-state index is 5.91. The van der Waals surface area contributed by atoms with Gasteiger partial charge in [0.15, 0.2) is 0 Å². The van der Waals surface area contributed by atoms with Crippen LogP contribution in [0.3, 0.4) is 0 Å². The predicted octanol–water partition coefficient (Wildman–Crippen LogP) is 3.67. The van der Waals surface area contributed by atoms with Gasteiger partial charge in [0.05, 0.1) is 6.10 Å². The molecule has 0 heterocycles. The van der Waals surface area contributed by atoms with Gasteiger partial charge < -0.3 is 4.74 Å². The number of unbranched alkanes of at least 4 members (excludes halogenated alkanes) is 1. The minimum atomic E-state index is 0.460. The number of ether oxygens (including phenoxy) is 1. The highest BCUT2D eigenvalue weighted by atomic mass is 16.5. The summed E-state index contributed by atoms with van der Waals surface area (Å²) < 4.78 is 5.91. The van der Waals surface area contributed by atoms with Crippen molar-refractivity contribution < 1.29 is 4.74 Å². The first-order chi connectivity index (χ1) is 7.79. The summed E-state index contributed by atoms with van der Waals surface area (Å²) in [7, 11) is 0. The van der Waals surface area contributed by atoms with Crippen LogP contribution >= 0.6 is 0 Å². The third kappa shape index (κ3) is 2.85. The highest BCUT2D eigenvalue weighted by Crippen LogP contribution is 2.24. The molecule has 1 nitrogen and oxygen atoms in total. The van der Waals surface area contributed by atoms with Crippen LogP contribution in [0.4, 0.5) is 0 Å². The van der Waals surface area contributed by atoms with Crippen molar-refractivity contribution in [1.29, 1.82) is 0 Å². The quantitative estimate of drug-likeness (QED) is 0.701. The van der Waals surface area contributed by atoms with Gasteiger partial charge in [-0.2, -0.15) is 0 Å². The molecule has 0 aromatic heterocycles. The van der Waals surface area contributed by atoms with E-state index in [-0.39, 0.29) is 0 Å². The number of hydrogen-bond donors (Lipinski definition) is 0. The first-order valence-corrected chi connectivity index (χ1v) is 6.49. The largest absolute Gasteiger partial charge is 0.378 e. The summed E-state index contributed by atoms with van der Waals surface area (Å²) >= 11 is 0. The predicted molar refractivity (Wildman–Crippen MR) is 67.9 cm³/mol. The molecule has 1 aromatic carbocycles. The molecule has 0 radical (unpaired) electrons. The van der Waals surface area contributed by atoms with E-state index in [9.17, 15) is 0 Å². The van der Waals surface area contributed by atoms with E-state index in [4.69, 9.17) is 4.74 Å². The van der Waals surface area contributed by atoms with E-state index >= 15 is 0 Å². The number of fused-ring (bicyclic) bond motifs is 1. The van der Waals surface area contributed by atoms with Crippen molar-refractivity contribution in [2.45, 2.75) is 52.1 Å². The summed E-state index contributed by atoms with van der Waals surface area (Å²) in [5, 5.41) is 0. The van der Waals surface area contributed by atoms with Gasteiger partial charge in [-0.1, -0.05) is 37.1 Å². The Morgan fingerprint density at radius 1 is 1.31 bits per heavy atom. The number of hydrogen-bond acceptors (Lipinski definition) is 1. The third-order valence-corrected chi connectivity index (χ3v) is 3.40. The van der Waals surface area contributed by atoms with Crippen LogP contribution in [-0.4, -0.2) is 12.7 Å². The van der Waals surface area contributed by atoms with Crippen LogP contribution in [-0.2, 0) is 17.6 Å². The molecule has 0 fully saturated rings. The van der Waals surface area contributed by atoms with Gasteiger partial charge in [-0.15, -0.1) is 0 Å². The van der Waals surface area contributed by atoms with E-state index in [2.05, 4.69) is 32.0 Å². The Morgan fingerprint density at radius 2 is 2.19 bits per heavy atom. The van der Waals surface area contributed by atoms with E-state index in [0.717, 1.165) is 13.0 Å². The van der Waals surface area contributed by atoms with Crippen LogP contribution in [0.5, 0.6) is 0 Å². The first kappa shape index (κ1) is 11.7. The standard InChI is InChI=1S/C15H22O/c1-3-4-9-16-15-8-7-13-10-12(2)5-6-14(13)11-15/h5-6,10,15H,3-4,7-9,11H2,1-2H3. The lowest BCUT2D eigenvalue weighted by molar-refractivity contribution is 0.0424. The highest BCUT2D eigenvalue weighted by molar-refractivity contribution is 5.33. The molecule has 0 spiro atoms. The molecule has 0 saturated heterocycles. The van der Waals surface area contributed by atoms with Gasteiger partial charge in [0.1, 0.15) is 0 Å². The second kappa shape index (κ2) is 5.49. The molecule has 0 amide bonds. The van der Waals surface area contributed by atoms with Crippen molar-refractivity contribution in [3.05, 3.63) is 34.9 Å². The lowest BCUT2D eigenvalue weighted by Crippen LogP contribution is -2.23. The summed E-state index contributed by atoms with van der Waals surface area (Å²) in [4.78, 5) is 0. The molecule has 0 bridgehead atoms. The molecule has 1 aromatic rings. The average molecular weight is 218 g/mol. The van der Waals surface area contributed by atoms with Crippen molar-refractivity contribution in [3.8, 4) is 0 Å². The summed E-state index contributed by atoms with van der Waals surface area (Å²) in [6, 6.07) is 6.82. The van der Waals surface area contributed by atoms with Crippen LogP contribution in [0.2, 0.25) is 0 Å². The second-order valence-corrected chi connectivity index (χ2v) is 4.86. The summed E-state index contributed by atoms with van der Waals surface area (Å²) in [6.45, 7) is 5.31. The Morgan fingerprint density at radius 3 is 3.00 bits per heavy atom. The van der Waals surface area contributed by atoms with E-state index < -0.39 is 0 Å². The van der Waals surface area contributed by atoms with E-state index in [0.29, 0.717) is 6.10 Å². The normalized spacial score (nSPS) is 19.5. The van der Waals surface area contributed by atoms with Gasteiger partial charge in [-0.25, -0.2) is 0 Å². The smallest absolute Gasteiger partial charge is 0.0618 e. The molecular formula is C15H22O. The van der Waals surface area contributed by atoms with Crippen molar-refractivity contribution in [3.63, 3.8) is 0 Å². The van der Waals surface area contributed by atoms with Gasteiger partial charge in [-0.05, 0) is 43.7 Å². The Hall–Kier alpha value is -0.820. The van der Waals surface area contributed by atoms with E-state index in [1.807, 2.05) is 0 Å². The average Bonchev–Trinajstić information content (AvgIpc) is 2.29. The Balaban J connectivity index is 1.93. The number of aryl methyl sites for hydroxylation is 2. The molecule has 1 unspecified atom stereocenters. The lowest BCUT2D eigenvalue weighted by Gasteiger charge is -2.25. The second-order valence-electron chi connectivity index (χ2n) is 4.86. The minimum absolute atomic E-state index is 0.460. The number of benzene rings is 1. The molecule has 1 atom stereocenters. The monoisotopic (exact) mass is 218 g/mol. The minimum Gasteiger partial charge on any atom is -0.378 e. The molecule has 0 saturated carbocycles. The molecule has 1 aliphatic carbocycles. The molecule has 16 heavy (non-hydrogen) atoms. The fraction of sp³-hybridized carbons (Fsp3) is 0.600. The summed E-state index contributed by atoms with van der Waals surface area (Å²) in [6.07, 6.45) is 6.37. The maximum atomic E-state index is 5.91. The zero-order chi connectivity index (χ0) is 11.4. The molecular weight excluding hydrogens is 196 g/mol. The molecule has 1 heteroatoms. The highest BCUT2D eigenvalue weighted by Gasteiger charge is 2.18. The maximum Gasteiger partial charge on any atom is 0.0618 e. The van der Waals surface area contributed by atoms with Crippen LogP contribution in [0.15, 0.2) is 18.2 Å². The van der Waals surface area contributed by atoms with Crippen molar-refractivity contribution >= 4 is 0 Å². The van der Waals surface area contributed by atoms with Gasteiger partial charge in [0.2, 0.25) is 0 Å². The SMILES string of the molecule is CCCCOC1CCc2cc(C)ccc2C1. The van der Waals surface area contributed by atoms with Crippen molar-refractivity contribution in [2.75, 3.05) is 6.61 Å². The molecule has 88 valence electrons. The first-order valence-electron chi connectivity index (χ1n) is 6.49. The molecule has 1 aliphatic rings. The van der Waals surface area contributed by atoms with Crippen molar-refractivity contribution in [1.82, 2.24) is 0 Å². The van der Waals surface area contributed by atoms with Gasteiger partial charge in [0, 0.05) is 6.61 Å². The Labute approximate surface area is 98.8 Å². The summed E-state index contributed by atoms with van der Waals surface area (Å²) in [5.41, 5.74) is 4.41. The Bertz CT molecular complexity index is 343. The van der Waals surface area contributed by atoms with Gasteiger partial charge in [0.25, 0.3) is 0 Å².